The summed E-state index contributed by atoms with van der Waals surface area (Å²) in [5.41, 5.74) is 5.30. The first kappa shape index (κ1) is 16.5. The van der Waals surface area contributed by atoms with E-state index in [0.717, 1.165) is 0 Å². The topological polar surface area (TPSA) is 80.5 Å². The standard InChI is InChI=1S/C13H16Cl2N2O3S/c1-8-2-3-9(13(16)18)7-17(8)21(19,20)10-4-5-11(14)12(15)6-10/h4-6,8-9H,2-3,7H2,1H3,(H2,16,18)/t8-,9-/m1/s1. The molecule has 8 heteroatoms. The normalized spacial score (nSPS) is 24.0. The molecule has 2 atom stereocenters. The Bertz CT molecular complexity index is 663. The molecule has 1 heterocycles. The summed E-state index contributed by atoms with van der Waals surface area (Å²) >= 11 is 11.7. The second-order valence-electron chi connectivity index (χ2n) is 5.18. The van der Waals surface area contributed by atoms with Gasteiger partial charge in [0.25, 0.3) is 0 Å². The van der Waals surface area contributed by atoms with Gasteiger partial charge >= 0.3 is 0 Å². The number of nitrogens with zero attached hydrogens (tertiary/aromatic N) is 1. The van der Waals surface area contributed by atoms with E-state index in [1.54, 1.807) is 0 Å². The van der Waals surface area contributed by atoms with Crippen LogP contribution >= 0.6 is 23.2 Å². The minimum Gasteiger partial charge on any atom is -0.369 e. The number of sulfonamides is 1. The van der Waals surface area contributed by atoms with Crippen molar-refractivity contribution >= 4 is 39.1 Å². The maximum absolute atomic E-state index is 12.7. The molecule has 1 aliphatic heterocycles. The highest BCUT2D eigenvalue weighted by Gasteiger charge is 2.36. The van der Waals surface area contributed by atoms with Crippen molar-refractivity contribution in [3.05, 3.63) is 28.2 Å². The monoisotopic (exact) mass is 350 g/mol. The molecule has 0 unspecified atom stereocenters. The maximum atomic E-state index is 12.7. The molecule has 5 nitrogen and oxygen atoms in total. The number of hydrogen-bond donors (Lipinski definition) is 1. The quantitative estimate of drug-likeness (QED) is 0.907. The summed E-state index contributed by atoms with van der Waals surface area (Å²) in [6.45, 7) is 1.91. The van der Waals surface area contributed by atoms with Gasteiger partial charge in [-0.05, 0) is 38.0 Å². The van der Waals surface area contributed by atoms with Crippen molar-refractivity contribution in [1.82, 2.24) is 4.31 Å². The van der Waals surface area contributed by atoms with Crippen LogP contribution in [0.2, 0.25) is 10.0 Å². The Morgan fingerprint density at radius 1 is 1.29 bits per heavy atom. The Hall–Kier alpha value is -0.820. The molecule has 0 aliphatic carbocycles. The van der Waals surface area contributed by atoms with Gasteiger partial charge in [-0.1, -0.05) is 23.2 Å². The molecule has 0 saturated carbocycles. The molecule has 0 spiro atoms. The third-order valence-corrected chi connectivity index (χ3v) is 6.44. The average molecular weight is 351 g/mol. The highest BCUT2D eigenvalue weighted by atomic mass is 35.5. The third kappa shape index (κ3) is 3.34. The highest BCUT2D eigenvalue weighted by Crippen LogP contribution is 2.31. The van der Waals surface area contributed by atoms with Gasteiger partial charge in [0.1, 0.15) is 0 Å². The van der Waals surface area contributed by atoms with Gasteiger partial charge < -0.3 is 5.73 Å². The molecule has 2 rings (SSSR count). The van der Waals surface area contributed by atoms with Crippen LogP contribution in [0.1, 0.15) is 19.8 Å². The maximum Gasteiger partial charge on any atom is 0.243 e. The molecular weight excluding hydrogens is 335 g/mol. The zero-order valence-electron chi connectivity index (χ0n) is 11.4. The average Bonchev–Trinajstić information content (AvgIpc) is 2.41. The number of halogens is 2. The van der Waals surface area contributed by atoms with Crippen LogP contribution in [0.4, 0.5) is 0 Å². The summed E-state index contributed by atoms with van der Waals surface area (Å²) in [5.74, 6) is -0.935. The summed E-state index contributed by atoms with van der Waals surface area (Å²) in [6, 6.07) is 3.97. The number of primary amides is 1. The second-order valence-corrected chi connectivity index (χ2v) is 7.88. The first-order valence-electron chi connectivity index (χ1n) is 6.49. The predicted molar refractivity (Wildman–Crippen MR) is 81.7 cm³/mol. The molecule has 1 amide bonds. The van der Waals surface area contributed by atoms with Crippen LogP contribution in [0.3, 0.4) is 0 Å². The SMILES string of the molecule is C[C@@H]1CC[C@@H](C(N)=O)CN1S(=O)(=O)c1ccc(Cl)c(Cl)c1. The lowest BCUT2D eigenvalue weighted by Gasteiger charge is -2.35. The number of carbonyl (C=O) groups excluding carboxylic acids is 1. The molecule has 1 aromatic carbocycles. The molecule has 0 radical (unpaired) electrons. The fraction of sp³-hybridized carbons (Fsp3) is 0.462. The van der Waals surface area contributed by atoms with Crippen LogP contribution in [0.15, 0.2) is 23.1 Å². The van der Waals surface area contributed by atoms with E-state index >= 15 is 0 Å². The molecule has 1 fully saturated rings. The highest BCUT2D eigenvalue weighted by molar-refractivity contribution is 7.89. The lowest BCUT2D eigenvalue weighted by atomic mass is 9.95. The van der Waals surface area contributed by atoms with Crippen molar-refractivity contribution in [2.75, 3.05) is 6.54 Å². The van der Waals surface area contributed by atoms with E-state index in [1.807, 2.05) is 6.92 Å². The summed E-state index contributed by atoms with van der Waals surface area (Å²) < 4.78 is 26.7. The third-order valence-electron chi connectivity index (χ3n) is 3.72. The number of nitrogens with two attached hydrogens (primary N) is 1. The number of rotatable bonds is 3. The van der Waals surface area contributed by atoms with Gasteiger partial charge in [-0.25, -0.2) is 8.42 Å². The predicted octanol–water partition coefficient (Wildman–Crippen LogP) is 2.27. The van der Waals surface area contributed by atoms with E-state index in [4.69, 9.17) is 28.9 Å². The van der Waals surface area contributed by atoms with Crippen LogP contribution in [-0.4, -0.2) is 31.2 Å². The van der Waals surface area contributed by atoms with Crippen molar-refractivity contribution in [1.29, 1.82) is 0 Å². The van der Waals surface area contributed by atoms with Crippen LogP contribution in [0.5, 0.6) is 0 Å². The number of hydrogen-bond acceptors (Lipinski definition) is 3. The minimum absolute atomic E-state index is 0.0638. The number of piperidine rings is 1. The largest absolute Gasteiger partial charge is 0.369 e. The molecule has 1 saturated heterocycles. The van der Waals surface area contributed by atoms with Crippen LogP contribution in [0, 0.1) is 5.92 Å². The molecule has 0 aromatic heterocycles. The fourth-order valence-electron chi connectivity index (χ4n) is 2.41. The van der Waals surface area contributed by atoms with E-state index in [9.17, 15) is 13.2 Å². The Morgan fingerprint density at radius 2 is 1.95 bits per heavy atom. The lowest BCUT2D eigenvalue weighted by Crippen LogP contribution is -2.48. The Labute approximate surface area is 134 Å². The lowest BCUT2D eigenvalue weighted by molar-refractivity contribution is -0.123. The Kier molecular flexibility index (Phi) is 4.82. The van der Waals surface area contributed by atoms with Gasteiger partial charge in [0.15, 0.2) is 0 Å². The zero-order chi connectivity index (χ0) is 15.8. The van der Waals surface area contributed by atoms with E-state index in [-0.39, 0.29) is 27.5 Å². The van der Waals surface area contributed by atoms with E-state index in [1.165, 1.54) is 22.5 Å². The smallest absolute Gasteiger partial charge is 0.243 e. The zero-order valence-corrected chi connectivity index (χ0v) is 13.7. The molecule has 0 bridgehead atoms. The molecule has 1 aliphatic rings. The van der Waals surface area contributed by atoms with Crippen LogP contribution < -0.4 is 5.73 Å². The van der Waals surface area contributed by atoms with Gasteiger partial charge in [-0.15, -0.1) is 0 Å². The van der Waals surface area contributed by atoms with Gasteiger partial charge in [-0.3, -0.25) is 4.79 Å². The Balaban J connectivity index is 2.36. The van der Waals surface area contributed by atoms with Gasteiger partial charge in [-0.2, -0.15) is 4.31 Å². The molecule has 2 N–H and O–H groups in total. The minimum atomic E-state index is -3.73. The second kappa shape index (κ2) is 6.12. The van der Waals surface area contributed by atoms with E-state index in [2.05, 4.69) is 0 Å². The van der Waals surface area contributed by atoms with Crippen LogP contribution in [0.25, 0.3) is 0 Å². The van der Waals surface area contributed by atoms with Gasteiger partial charge in [0, 0.05) is 12.6 Å². The van der Waals surface area contributed by atoms with Crippen molar-refractivity contribution < 1.29 is 13.2 Å². The fourth-order valence-corrected chi connectivity index (χ4v) is 4.51. The van der Waals surface area contributed by atoms with Crippen LogP contribution in [-0.2, 0) is 14.8 Å². The van der Waals surface area contributed by atoms with E-state index < -0.39 is 21.8 Å². The molecule has 1 aromatic rings. The van der Waals surface area contributed by atoms with Crippen molar-refractivity contribution in [3.63, 3.8) is 0 Å². The summed E-state index contributed by atoms with van der Waals surface area (Å²) in [5, 5.41) is 0.464. The summed E-state index contributed by atoms with van der Waals surface area (Å²) in [7, 11) is -3.73. The van der Waals surface area contributed by atoms with Gasteiger partial charge in [0.05, 0.1) is 20.9 Å². The summed E-state index contributed by atoms with van der Waals surface area (Å²) in [6.07, 6.45) is 1.19. The van der Waals surface area contributed by atoms with E-state index in [0.29, 0.717) is 12.8 Å². The van der Waals surface area contributed by atoms with Gasteiger partial charge in [0.2, 0.25) is 15.9 Å². The molecular formula is C13H16Cl2N2O3S. The number of benzene rings is 1. The first-order chi connectivity index (χ1) is 9.73. The van der Waals surface area contributed by atoms with Crippen molar-refractivity contribution in [3.8, 4) is 0 Å². The van der Waals surface area contributed by atoms with Crippen molar-refractivity contribution in [2.45, 2.75) is 30.7 Å². The van der Waals surface area contributed by atoms with Crippen molar-refractivity contribution in [2.24, 2.45) is 11.7 Å². The molecule has 116 valence electrons. The number of amides is 1. The first-order valence-corrected chi connectivity index (χ1v) is 8.69. The summed E-state index contributed by atoms with van der Waals surface area (Å²) in [4.78, 5) is 11.4. The molecule has 21 heavy (non-hydrogen) atoms. The number of carbonyl (C=O) groups is 1. The Morgan fingerprint density at radius 3 is 2.52 bits per heavy atom.